The number of benzene rings is 3. The van der Waals surface area contributed by atoms with Gasteiger partial charge >= 0.3 is 0 Å². The maximum absolute atomic E-state index is 8.06. The van der Waals surface area contributed by atoms with Gasteiger partial charge in [0.1, 0.15) is 0 Å². The molecule has 1 aromatic heterocycles. The Morgan fingerprint density at radius 2 is 0.966 bits per heavy atom. The first-order valence-corrected chi connectivity index (χ1v) is 25.0. The van der Waals surface area contributed by atoms with Crippen molar-refractivity contribution in [1.82, 2.24) is 4.98 Å². The molecule has 0 spiro atoms. The van der Waals surface area contributed by atoms with Gasteiger partial charge in [0.2, 0.25) is 0 Å². The van der Waals surface area contributed by atoms with Gasteiger partial charge in [-0.05, 0) is 112 Å². The third-order valence-corrected chi connectivity index (χ3v) is 7.69. The number of fused-ring (bicyclic) bond motifs is 1. The highest BCUT2D eigenvalue weighted by molar-refractivity contribution is 7.98. The number of para-hydroxylation sites is 1. The summed E-state index contributed by atoms with van der Waals surface area (Å²) in [5, 5.41) is 17.0. The fourth-order valence-corrected chi connectivity index (χ4v) is 3.57. The Bertz CT molecular complexity index is 1220. The summed E-state index contributed by atoms with van der Waals surface area (Å²) in [7, 11) is 0. The lowest BCUT2D eigenvalue weighted by atomic mass is 10.1. The maximum Gasteiger partial charge on any atom is 0.0483 e. The smallest absolute Gasteiger partial charge is 0.0483 e. The quantitative estimate of drug-likeness (QED) is 0.140. The minimum Gasteiger partial charge on any atom is -0.397 e. The molecule has 0 unspecified atom stereocenters. The van der Waals surface area contributed by atoms with Crippen LogP contribution in [0.15, 0.2) is 85.1 Å². The molecule has 4 aromatic rings. The molecule has 59 heavy (non-hydrogen) atoms. The average Bonchev–Trinajstić information content (AvgIpc) is 3.64. The van der Waals surface area contributed by atoms with Crippen molar-refractivity contribution in [2.45, 2.75) is 183 Å². The molecule has 3 nitrogen and oxygen atoms in total. The monoisotopic (exact) mass is 864 g/mol. The van der Waals surface area contributed by atoms with E-state index in [0.29, 0.717) is 0 Å². The van der Waals surface area contributed by atoms with E-state index >= 15 is 0 Å². The van der Waals surface area contributed by atoms with Gasteiger partial charge in [0.05, 0.1) is 0 Å². The molecule has 0 bridgehead atoms. The second kappa shape index (κ2) is 60.1. The van der Waals surface area contributed by atoms with Crippen LogP contribution in [0.25, 0.3) is 10.9 Å². The minimum absolute atomic E-state index is 0. The highest BCUT2D eigenvalue weighted by Crippen LogP contribution is 2.17. The molecule has 0 saturated heterocycles. The number of aromatic nitrogens is 1. The van der Waals surface area contributed by atoms with E-state index in [9.17, 15) is 0 Å². The molecule has 3 N–H and O–H groups in total. The predicted molar refractivity (Wildman–Crippen MR) is 287 cm³/mol. The molecular formula is C54H105NO2S2. The second-order valence-corrected chi connectivity index (χ2v) is 16.6. The molecule has 0 aliphatic rings. The van der Waals surface area contributed by atoms with Gasteiger partial charge in [-0.3, -0.25) is 0 Å². The lowest BCUT2D eigenvalue weighted by molar-refractivity contribution is 0.216. The van der Waals surface area contributed by atoms with Crippen molar-refractivity contribution in [3.63, 3.8) is 0 Å². The molecule has 0 aliphatic heterocycles. The van der Waals surface area contributed by atoms with Crippen molar-refractivity contribution >= 4 is 35.3 Å². The number of thiol groups is 1. The van der Waals surface area contributed by atoms with Gasteiger partial charge in [-0.2, -0.15) is 24.4 Å². The zero-order valence-electron chi connectivity index (χ0n) is 43.0. The van der Waals surface area contributed by atoms with Crippen molar-refractivity contribution in [1.29, 1.82) is 0 Å². The average molecular weight is 865 g/mol. The van der Waals surface area contributed by atoms with Crippen molar-refractivity contribution in [2.24, 2.45) is 17.8 Å². The number of aromatic amines is 1. The molecule has 0 fully saturated rings. The predicted octanol–water partition coefficient (Wildman–Crippen LogP) is 17.7. The number of aliphatic hydroxyl groups excluding tert-OH is 2. The maximum atomic E-state index is 8.06. The number of hydrogen-bond acceptors (Lipinski definition) is 4. The van der Waals surface area contributed by atoms with Crippen molar-refractivity contribution in [2.75, 3.05) is 24.4 Å². The summed E-state index contributed by atoms with van der Waals surface area (Å²) >= 11 is 5.69. The summed E-state index contributed by atoms with van der Waals surface area (Å²) in [6, 6.07) is 27.5. The Hall–Kier alpha value is -2.18. The third-order valence-electron chi connectivity index (χ3n) is 6.88. The lowest BCUT2D eigenvalue weighted by Crippen LogP contribution is -1.85. The van der Waals surface area contributed by atoms with Gasteiger partial charge in [0.15, 0.2) is 0 Å². The fraction of sp³-hybridized carbons (Fsp3) is 0.630. The SMILES string of the molecule is CC.CC(C)C.CC(C)O.CCC(C)C.CCC(C)C.CCCSC.CCO.CCS.CCc1c[nH]c2ccccc12.CCc1ccc(C)cc1.CCc1ccccc1.[HH]. The van der Waals surface area contributed by atoms with Crippen LogP contribution in [0.2, 0.25) is 0 Å². The Balaban J connectivity index is -0.0000000856. The molecule has 0 saturated carbocycles. The molecule has 3 aromatic carbocycles. The normalized spacial score (nSPS) is 8.95. The van der Waals surface area contributed by atoms with E-state index in [1.807, 2.05) is 38.6 Å². The summed E-state index contributed by atoms with van der Waals surface area (Å²) in [6.07, 6.45) is 11.3. The van der Waals surface area contributed by atoms with Gasteiger partial charge in [-0.25, -0.2) is 0 Å². The van der Waals surface area contributed by atoms with Crippen LogP contribution in [0.4, 0.5) is 0 Å². The van der Waals surface area contributed by atoms with E-state index in [1.54, 1.807) is 20.8 Å². The van der Waals surface area contributed by atoms with Gasteiger partial charge < -0.3 is 15.2 Å². The lowest BCUT2D eigenvalue weighted by Gasteiger charge is -1.94. The zero-order valence-corrected chi connectivity index (χ0v) is 44.7. The summed E-state index contributed by atoms with van der Waals surface area (Å²) in [4.78, 5) is 3.24. The molecule has 0 atom stereocenters. The second-order valence-electron chi connectivity index (χ2n) is 14.9. The Kier molecular flexibility index (Phi) is 72.7. The van der Waals surface area contributed by atoms with Gasteiger partial charge in [0, 0.05) is 31.2 Å². The first-order valence-electron chi connectivity index (χ1n) is 23.0. The van der Waals surface area contributed by atoms with E-state index in [0.717, 1.165) is 42.8 Å². The topological polar surface area (TPSA) is 56.2 Å². The highest BCUT2D eigenvalue weighted by atomic mass is 32.2. The van der Waals surface area contributed by atoms with Crippen molar-refractivity contribution in [3.05, 3.63) is 107 Å². The standard InChI is InChI=1S/C10H11N.C9H12.C8H10.2C5H12.C4H10S.C4H10.C3H8O.C2H6O.C2H6S.C2H6.H2/c1-2-8-7-11-10-6-4-3-5-9(8)10;1-3-9-6-4-8(2)5-7-9;1-2-8-6-4-3-5-7-8;2*1-4-5(2)3;1-3-4-5-2;1-4(2)3;1-3(2)4;2*1-2-3;1-2;/h3-7,11H,2H2,1H3;4-7H,3H2,1-2H3;3-7H,2H2,1H3;2*5H,4H2,1-3H3;3-4H2,1-2H3;4H,1-3H3;3-4H,1-2H3;2*3H,2H2,1H3;1-2H3;1H. The molecular weight excluding hydrogens is 759 g/mol. The number of aryl methyl sites for hydroxylation is 4. The molecule has 0 aliphatic carbocycles. The van der Waals surface area contributed by atoms with Crippen LogP contribution >= 0.6 is 24.4 Å². The number of rotatable bonds is 7. The van der Waals surface area contributed by atoms with Crippen LogP contribution in [-0.2, 0) is 19.3 Å². The van der Waals surface area contributed by atoms with Gasteiger partial charge in [0.25, 0.3) is 0 Å². The molecule has 5 heteroatoms. The first kappa shape index (κ1) is 71.3. The molecule has 350 valence electrons. The van der Waals surface area contributed by atoms with Crippen LogP contribution in [-0.4, -0.2) is 45.7 Å². The number of hydrogen-bond donors (Lipinski definition) is 4. The minimum atomic E-state index is -0.167. The van der Waals surface area contributed by atoms with E-state index in [-0.39, 0.29) is 14.1 Å². The Morgan fingerprint density at radius 1 is 0.627 bits per heavy atom. The molecule has 1 heterocycles. The number of H-pyrrole nitrogens is 1. The van der Waals surface area contributed by atoms with E-state index in [4.69, 9.17) is 10.2 Å². The fourth-order valence-electron chi connectivity index (χ4n) is 3.17. The van der Waals surface area contributed by atoms with Crippen LogP contribution in [0.1, 0.15) is 174 Å². The number of thioether (sulfide) groups is 1. The highest BCUT2D eigenvalue weighted by Gasteiger charge is 1.98. The van der Waals surface area contributed by atoms with Gasteiger partial charge in [-0.1, -0.05) is 202 Å². The van der Waals surface area contributed by atoms with E-state index < -0.39 is 0 Å². The van der Waals surface area contributed by atoms with Crippen LogP contribution in [0.3, 0.4) is 0 Å². The Labute approximate surface area is 382 Å². The first-order chi connectivity index (χ1) is 27.9. The number of nitrogens with one attached hydrogen (secondary N) is 1. The van der Waals surface area contributed by atoms with Gasteiger partial charge in [-0.15, -0.1) is 0 Å². The summed E-state index contributed by atoms with van der Waals surface area (Å²) in [6.45, 7) is 42.0. The van der Waals surface area contributed by atoms with Crippen LogP contribution in [0.5, 0.6) is 0 Å². The summed E-state index contributed by atoms with van der Waals surface area (Å²) in [5.41, 5.74) is 6.81. The summed E-state index contributed by atoms with van der Waals surface area (Å²) in [5.74, 6) is 4.85. The van der Waals surface area contributed by atoms with E-state index in [2.05, 4.69) is 200 Å². The van der Waals surface area contributed by atoms with Crippen molar-refractivity contribution in [3.8, 4) is 0 Å². The molecule has 4 rings (SSSR count). The Morgan fingerprint density at radius 3 is 1.24 bits per heavy atom. The zero-order chi connectivity index (χ0) is 47.5. The third kappa shape index (κ3) is 70.7. The molecule has 0 radical (unpaired) electrons. The van der Waals surface area contributed by atoms with Crippen LogP contribution in [0, 0.1) is 24.7 Å². The number of aliphatic hydroxyl groups is 2. The molecule has 0 amide bonds. The van der Waals surface area contributed by atoms with Crippen LogP contribution < -0.4 is 0 Å². The van der Waals surface area contributed by atoms with Crippen molar-refractivity contribution < 1.29 is 11.6 Å². The summed E-state index contributed by atoms with van der Waals surface area (Å²) < 4.78 is 0. The van der Waals surface area contributed by atoms with E-state index in [1.165, 1.54) is 58.2 Å². The largest absolute Gasteiger partial charge is 0.397 e.